The first-order valence-electron chi connectivity index (χ1n) is 4.58. The fraction of sp³-hybridized carbons (Fsp3) is 0.455. The lowest BCUT2D eigenvalue weighted by Gasteiger charge is -2.11. The van der Waals surface area contributed by atoms with Crippen molar-refractivity contribution in [3.05, 3.63) is 35.4 Å². The van der Waals surface area contributed by atoms with Crippen molar-refractivity contribution in [3.63, 3.8) is 0 Å². The van der Waals surface area contributed by atoms with Crippen molar-refractivity contribution in [2.45, 2.75) is 19.0 Å². The van der Waals surface area contributed by atoms with Gasteiger partial charge >= 0.3 is 0 Å². The molecule has 0 amide bonds. The van der Waals surface area contributed by atoms with Gasteiger partial charge in [-0.1, -0.05) is 40.2 Å². The SMILES string of the molecule is F[C@H](CBr)C1Cc2ccccc2C1. The maximum atomic E-state index is 13.4. The molecule has 2 rings (SSSR count). The lowest BCUT2D eigenvalue weighted by Crippen LogP contribution is -2.17. The minimum atomic E-state index is -0.701. The van der Waals surface area contributed by atoms with E-state index in [1.807, 2.05) is 12.1 Å². The first kappa shape index (κ1) is 9.20. The first-order chi connectivity index (χ1) is 6.31. The number of hydrogen-bond donors (Lipinski definition) is 0. The van der Waals surface area contributed by atoms with Crippen molar-refractivity contribution in [2.24, 2.45) is 5.92 Å². The van der Waals surface area contributed by atoms with Gasteiger partial charge in [-0.15, -0.1) is 0 Å². The van der Waals surface area contributed by atoms with Crippen LogP contribution in [0.4, 0.5) is 4.39 Å². The van der Waals surface area contributed by atoms with E-state index >= 15 is 0 Å². The van der Waals surface area contributed by atoms with Gasteiger partial charge in [0.2, 0.25) is 0 Å². The van der Waals surface area contributed by atoms with Crippen LogP contribution < -0.4 is 0 Å². The molecule has 0 fully saturated rings. The average Bonchev–Trinajstić information content (AvgIpc) is 2.59. The van der Waals surface area contributed by atoms with Crippen LogP contribution >= 0.6 is 15.9 Å². The average molecular weight is 243 g/mol. The minimum absolute atomic E-state index is 0.191. The molecule has 0 radical (unpaired) electrons. The molecule has 0 heterocycles. The van der Waals surface area contributed by atoms with Crippen LogP contribution in [0.2, 0.25) is 0 Å². The highest BCUT2D eigenvalue weighted by atomic mass is 79.9. The third-order valence-corrected chi connectivity index (χ3v) is 3.36. The van der Waals surface area contributed by atoms with E-state index < -0.39 is 6.17 Å². The van der Waals surface area contributed by atoms with Crippen LogP contribution in [0.3, 0.4) is 0 Å². The molecule has 0 aliphatic heterocycles. The summed E-state index contributed by atoms with van der Waals surface area (Å²) >= 11 is 3.19. The van der Waals surface area contributed by atoms with Crippen LogP contribution in [0.5, 0.6) is 0 Å². The molecule has 0 saturated carbocycles. The smallest absolute Gasteiger partial charge is 0.113 e. The Morgan fingerprint density at radius 1 is 1.31 bits per heavy atom. The van der Waals surface area contributed by atoms with Gasteiger partial charge in [-0.05, 0) is 29.9 Å². The van der Waals surface area contributed by atoms with Gasteiger partial charge in [0.15, 0.2) is 0 Å². The van der Waals surface area contributed by atoms with Crippen LogP contribution in [0, 0.1) is 5.92 Å². The number of alkyl halides is 2. The van der Waals surface area contributed by atoms with Gasteiger partial charge in [-0.25, -0.2) is 4.39 Å². The van der Waals surface area contributed by atoms with Crippen molar-refractivity contribution in [1.29, 1.82) is 0 Å². The van der Waals surface area contributed by atoms with Gasteiger partial charge in [0.05, 0.1) is 0 Å². The molecule has 1 aromatic rings. The summed E-state index contributed by atoms with van der Waals surface area (Å²) in [7, 11) is 0. The number of fused-ring (bicyclic) bond motifs is 1. The molecule has 1 atom stereocenters. The Bertz CT molecular complexity index is 273. The van der Waals surface area contributed by atoms with Crippen LogP contribution in [0.1, 0.15) is 11.1 Å². The molecule has 0 bridgehead atoms. The second-order valence-electron chi connectivity index (χ2n) is 3.61. The number of rotatable bonds is 2. The summed E-state index contributed by atoms with van der Waals surface area (Å²) in [6.45, 7) is 0. The first-order valence-corrected chi connectivity index (χ1v) is 5.70. The predicted molar refractivity (Wildman–Crippen MR) is 56.0 cm³/mol. The second-order valence-corrected chi connectivity index (χ2v) is 4.25. The van der Waals surface area contributed by atoms with Crippen LogP contribution in [0.15, 0.2) is 24.3 Å². The standard InChI is InChI=1S/C11H12BrF/c12-7-11(13)10-5-8-3-1-2-4-9(8)6-10/h1-4,10-11H,5-7H2/t11-/m1/s1. The van der Waals surface area contributed by atoms with Crippen molar-refractivity contribution in [1.82, 2.24) is 0 Å². The maximum absolute atomic E-state index is 13.4. The Balaban J connectivity index is 2.14. The largest absolute Gasteiger partial charge is 0.246 e. The minimum Gasteiger partial charge on any atom is -0.246 e. The highest BCUT2D eigenvalue weighted by molar-refractivity contribution is 9.09. The molecule has 0 saturated heterocycles. The van der Waals surface area contributed by atoms with E-state index in [9.17, 15) is 4.39 Å². The summed E-state index contributed by atoms with van der Waals surface area (Å²) in [5.74, 6) is 0.191. The van der Waals surface area contributed by atoms with Gasteiger partial charge in [-0.2, -0.15) is 0 Å². The number of halogens is 2. The molecule has 0 spiro atoms. The van der Waals surface area contributed by atoms with Gasteiger partial charge in [-0.3, -0.25) is 0 Å². The van der Waals surface area contributed by atoms with Gasteiger partial charge in [0.25, 0.3) is 0 Å². The van der Waals surface area contributed by atoms with Gasteiger partial charge in [0, 0.05) is 5.33 Å². The summed E-state index contributed by atoms with van der Waals surface area (Å²) in [5.41, 5.74) is 2.66. The molecular formula is C11H12BrF. The zero-order valence-corrected chi connectivity index (χ0v) is 8.93. The molecule has 0 nitrogen and oxygen atoms in total. The Morgan fingerprint density at radius 2 is 1.85 bits per heavy atom. The molecule has 1 aromatic carbocycles. The molecule has 70 valence electrons. The molecule has 0 unspecified atom stereocenters. The highest BCUT2D eigenvalue weighted by Gasteiger charge is 2.27. The van der Waals surface area contributed by atoms with E-state index in [-0.39, 0.29) is 5.92 Å². The highest BCUT2D eigenvalue weighted by Crippen LogP contribution is 2.30. The number of hydrogen-bond acceptors (Lipinski definition) is 0. The number of benzene rings is 1. The zero-order chi connectivity index (χ0) is 9.26. The zero-order valence-electron chi connectivity index (χ0n) is 7.34. The predicted octanol–water partition coefficient (Wildman–Crippen LogP) is 3.13. The summed E-state index contributed by atoms with van der Waals surface area (Å²) in [6.07, 6.45) is 1.11. The van der Waals surface area contributed by atoms with Crippen molar-refractivity contribution in [3.8, 4) is 0 Å². The Hall–Kier alpha value is -0.370. The normalized spacial score (nSPS) is 18.6. The van der Waals surface area contributed by atoms with E-state index in [4.69, 9.17) is 0 Å². The molecule has 0 aromatic heterocycles. The quantitative estimate of drug-likeness (QED) is 0.700. The molecule has 0 N–H and O–H groups in total. The van der Waals surface area contributed by atoms with Crippen LogP contribution in [-0.2, 0) is 12.8 Å². The summed E-state index contributed by atoms with van der Waals surface area (Å²) in [5, 5.41) is 0.464. The van der Waals surface area contributed by atoms with Crippen LogP contribution in [-0.4, -0.2) is 11.5 Å². The summed E-state index contributed by atoms with van der Waals surface area (Å²) in [6, 6.07) is 8.28. The molecule has 1 aliphatic carbocycles. The Labute approximate surface area is 86.3 Å². The molecular weight excluding hydrogens is 231 g/mol. The second kappa shape index (κ2) is 3.79. The maximum Gasteiger partial charge on any atom is 0.113 e. The third kappa shape index (κ3) is 1.78. The van der Waals surface area contributed by atoms with Crippen molar-refractivity contribution < 1.29 is 4.39 Å². The van der Waals surface area contributed by atoms with Crippen molar-refractivity contribution in [2.75, 3.05) is 5.33 Å². The van der Waals surface area contributed by atoms with Gasteiger partial charge < -0.3 is 0 Å². The molecule has 1 aliphatic rings. The molecule has 13 heavy (non-hydrogen) atoms. The fourth-order valence-electron chi connectivity index (χ4n) is 1.97. The van der Waals surface area contributed by atoms with Gasteiger partial charge in [0.1, 0.15) is 6.17 Å². The van der Waals surface area contributed by atoms with E-state index in [0.29, 0.717) is 5.33 Å². The Morgan fingerprint density at radius 3 is 2.31 bits per heavy atom. The van der Waals surface area contributed by atoms with E-state index in [0.717, 1.165) is 12.8 Å². The Kier molecular flexibility index (Phi) is 2.68. The van der Waals surface area contributed by atoms with E-state index in [2.05, 4.69) is 28.1 Å². The topological polar surface area (TPSA) is 0 Å². The third-order valence-electron chi connectivity index (χ3n) is 2.74. The lowest BCUT2D eigenvalue weighted by atomic mass is 10.0. The lowest BCUT2D eigenvalue weighted by molar-refractivity contribution is 0.263. The summed E-state index contributed by atoms with van der Waals surface area (Å²) < 4.78 is 13.4. The van der Waals surface area contributed by atoms with E-state index in [1.165, 1.54) is 11.1 Å². The monoisotopic (exact) mass is 242 g/mol. The van der Waals surface area contributed by atoms with E-state index in [1.54, 1.807) is 0 Å². The summed E-state index contributed by atoms with van der Waals surface area (Å²) in [4.78, 5) is 0. The van der Waals surface area contributed by atoms with Crippen LogP contribution in [0.25, 0.3) is 0 Å². The van der Waals surface area contributed by atoms with Crippen molar-refractivity contribution >= 4 is 15.9 Å². The molecule has 2 heteroatoms. The fourth-order valence-corrected chi connectivity index (χ4v) is 2.50.